The van der Waals surface area contributed by atoms with E-state index in [9.17, 15) is 14.4 Å². The van der Waals surface area contributed by atoms with Gasteiger partial charge in [0.1, 0.15) is 0 Å². The van der Waals surface area contributed by atoms with Crippen LogP contribution < -0.4 is 10.6 Å². The van der Waals surface area contributed by atoms with Crippen LogP contribution in [0.1, 0.15) is 60.0 Å². The fourth-order valence-electron chi connectivity index (χ4n) is 2.76. The number of hydrogen-bond donors (Lipinski definition) is 2. The van der Waals surface area contributed by atoms with Crippen molar-refractivity contribution in [1.29, 1.82) is 0 Å². The Balaban J connectivity index is 1.70. The predicted octanol–water partition coefficient (Wildman–Crippen LogP) is 2.45. The minimum absolute atomic E-state index is 0.0491. The number of rotatable bonds is 5. The van der Waals surface area contributed by atoms with E-state index >= 15 is 0 Å². The zero-order valence-corrected chi connectivity index (χ0v) is 14.3. The molecular weight excluding hydrogens is 312 g/mol. The second kappa shape index (κ2) is 8.82. The van der Waals surface area contributed by atoms with Gasteiger partial charge in [-0.25, -0.2) is 0 Å². The number of carbonyl (C=O) groups is 3. The summed E-state index contributed by atoms with van der Waals surface area (Å²) in [6.07, 6.45) is 7.20. The first-order valence-corrected chi connectivity index (χ1v) is 9.06. The fourth-order valence-corrected chi connectivity index (χ4v) is 3.66. The third-order valence-electron chi connectivity index (χ3n) is 4.06. The van der Waals surface area contributed by atoms with Crippen LogP contribution in [0.2, 0.25) is 0 Å². The summed E-state index contributed by atoms with van der Waals surface area (Å²) >= 11 is 1.43. The monoisotopic (exact) mass is 336 g/mol. The number of carbonyl (C=O) groups excluding carboxylic acids is 3. The van der Waals surface area contributed by atoms with Crippen molar-refractivity contribution >= 4 is 28.9 Å². The van der Waals surface area contributed by atoms with Gasteiger partial charge >= 0.3 is 11.8 Å². The number of amides is 2. The van der Waals surface area contributed by atoms with Gasteiger partial charge in [-0.15, -0.1) is 11.3 Å². The molecule has 5 nitrogen and oxygen atoms in total. The number of Topliss-reactive ketones (excluding diaryl/α,β-unsaturated/α-hetero) is 1. The molecule has 1 saturated carbocycles. The van der Waals surface area contributed by atoms with Gasteiger partial charge in [-0.2, -0.15) is 0 Å². The number of thiophene rings is 1. The number of ketones is 1. The molecular formula is C17H24N2O3S. The summed E-state index contributed by atoms with van der Waals surface area (Å²) in [6.45, 7) is 1.93. The van der Waals surface area contributed by atoms with Crippen LogP contribution in [0, 0.1) is 0 Å². The minimum atomic E-state index is -0.572. The quantitative estimate of drug-likeness (QED) is 0.493. The largest absolute Gasteiger partial charge is 0.347 e. The van der Waals surface area contributed by atoms with Crippen LogP contribution in [-0.2, 0) is 16.0 Å². The molecule has 1 heterocycles. The van der Waals surface area contributed by atoms with Crippen molar-refractivity contribution < 1.29 is 14.4 Å². The molecule has 0 aliphatic heterocycles. The Morgan fingerprint density at radius 2 is 1.78 bits per heavy atom. The maximum absolute atomic E-state index is 11.9. The smallest absolute Gasteiger partial charge is 0.309 e. The van der Waals surface area contributed by atoms with Gasteiger partial charge in [0.15, 0.2) is 5.78 Å². The molecule has 2 rings (SSSR count). The number of nitrogens with one attached hydrogen (secondary N) is 2. The fraction of sp³-hybridized carbons (Fsp3) is 0.588. The zero-order valence-electron chi connectivity index (χ0n) is 13.5. The van der Waals surface area contributed by atoms with Crippen LogP contribution in [0.3, 0.4) is 0 Å². The Hall–Kier alpha value is -1.69. The molecule has 23 heavy (non-hydrogen) atoms. The molecule has 126 valence electrons. The third-order valence-corrected chi connectivity index (χ3v) is 5.31. The molecule has 1 aromatic heterocycles. The average molecular weight is 336 g/mol. The van der Waals surface area contributed by atoms with Gasteiger partial charge in [-0.05, 0) is 38.3 Å². The van der Waals surface area contributed by atoms with Crippen molar-refractivity contribution in [2.75, 3.05) is 6.54 Å². The predicted molar refractivity (Wildman–Crippen MR) is 90.7 cm³/mol. The normalized spacial score (nSPS) is 15.7. The van der Waals surface area contributed by atoms with Crippen LogP contribution in [0.5, 0.6) is 0 Å². The molecule has 6 heteroatoms. The molecule has 1 aliphatic carbocycles. The van der Waals surface area contributed by atoms with Crippen molar-refractivity contribution in [3.05, 3.63) is 21.9 Å². The Morgan fingerprint density at radius 1 is 1.09 bits per heavy atom. The molecule has 0 bridgehead atoms. The average Bonchev–Trinajstić information content (AvgIpc) is 2.85. The van der Waals surface area contributed by atoms with E-state index in [2.05, 4.69) is 10.6 Å². The minimum Gasteiger partial charge on any atom is -0.347 e. The van der Waals surface area contributed by atoms with Gasteiger partial charge in [0, 0.05) is 17.5 Å². The van der Waals surface area contributed by atoms with Gasteiger partial charge in [0.25, 0.3) is 0 Å². The summed E-state index contributed by atoms with van der Waals surface area (Å²) in [5.41, 5.74) is 0. The molecule has 0 spiro atoms. The summed E-state index contributed by atoms with van der Waals surface area (Å²) in [5, 5.41) is 5.48. The highest BCUT2D eigenvalue weighted by atomic mass is 32.1. The van der Waals surface area contributed by atoms with Crippen LogP contribution in [-0.4, -0.2) is 30.2 Å². The van der Waals surface area contributed by atoms with Crippen molar-refractivity contribution in [3.8, 4) is 0 Å². The van der Waals surface area contributed by atoms with Gasteiger partial charge < -0.3 is 10.6 Å². The van der Waals surface area contributed by atoms with Crippen molar-refractivity contribution in [3.63, 3.8) is 0 Å². The highest BCUT2D eigenvalue weighted by molar-refractivity contribution is 7.14. The van der Waals surface area contributed by atoms with E-state index in [0.29, 0.717) is 13.0 Å². The summed E-state index contributed by atoms with van der Waals surface area (Å²) < 4.78 is 0. The molecule has 1 aromatic rings. The SMILES string of the molecule is CC(=O)c1ccc(CCNC(=O)C(=O)NC2CCCCCC2)s1. The van der Waals surface area contributed by atoms with E-state index in [4.69, 9.17) is 0 Å². The first kappa shape index (κ1) is 17.7. The lowest BCUT2D eigenvalue weighted by molar-refractivity contribution is -0.139. The van der Waals surface area contributed by atoms with E-state index in [1.807, 2.05) is 6.07 Å². The van der Waals surface area contributed by atoms with Crippen LogP contribution in [0.4, 0.5) is 0 Å². The number of hydrogen-bond acceptors (Lipinski definition) is 4. The first-order chi connectivity index (χ1) is 11.1. The molecule has 2 amide bonds. The standard InChI is InChI=1S/C17H24N2O3S/c1-12(20)15-9-8-14(23-15)10-11-18-16(21)17(22)19-13-6-4-2-3-5-7-13/h8-9,13H,2-7,10-11H2,1H3,(H,18,21)(H,19,22). The zero-order chi connectivity index (χ0) is 16.7. The molecule has 1 aliphatic rings. The Kier molecular flexibility index (Phi) is 6.77. The van der Waals surface area contributed by atoms with Gasteiger partial charge in [0.05, 0.1) is 4.88 Å². The maximum atomic E-state index is 11.9. The van der Waals surface area contributed by atoms with Gasteiger partial charge in [-0.1, -0.05) is 25.7 Å². The van der Waals surface area contributed by atoms with E-state index in [1.54, 1.807) is 6.07 Å². The van der Waals surface area contributed by atoms with Crippen LogP contribution in [0.15, 0.2) is 12.1 Å². The Labute approximate surface area is 140 Å². The summed E-state index contributed by atoms with van der Waals surface area (Å²) in [5.74, 6) is -1.06. The lowest BCUT2D eigenvalue weighted by atomic mass is 10.1. The van der Waals surface area contributed by atoms with E-state index in [1.165, 1.54) is 31.1 Å². The Morgan fingerprint density at radius 3 is 2.39 bits per heavy atom. The molecule has 0 unspecified atom stereocenters. The Bertz CT molecular complexity index is 560. The van der Waals surface area contributed by atoms with Gasteiger partial charge in [0.2, 0.25) is 0 Å². The first-order valence-electron chi connectivity index (χ1n) is 8.24. The second-order valence-corrected chi connectivity index (χ2v) is 7.16. The van der Waals surface area contributed by atoms with E-state index in [-0.39, 0.29) is 11.8 Å². The summed E-state index contributed by atoms with van der Waals surface area (Å²) in [7, 11) is 0. The molecule has 0 saturated heterocycles. The molecule has 0 atom stereocenters. The van der Waals surface area contributed by atoms with Crippen LogP contribution >= 0.6 is 11.3 Å². The van der Waals surface area contributed by atoms with E-state index in [0.717, 1.165) is 35.4 Å². The van der Waals surface area contributed by atoms with Crippen molar-refractivity contribution in [2.24, 2.45) is 0 Å². The molecule has 0 radical (unpaired) electrons. The highest BCUT2D eigenvalue weighted by Crippen LogP contribution is 2.18. The maximum Gasteiger partial charge on any atom is 0.309 e. The van der Waals surface area contributed by atoms with E-state index < -0.39 is 11.8 Å². The summed E-state index contributed by atoms with van der Waals surface area (Å²) in [4.78, 5) is 36.7. The molecule has 0 aromatic carbocycles. The molecule has 2 N–H and O–H groups in total. The molecule has 1 fully saturated rings. The topological polar surface area (TPSA) is 75.3 Å². The summed E-state index contributed by atoms with van der Waals surface area (Å²) in [6, 6.07) is 3.81. The van der Waals surface area contributed by atoms with Crippen molar-refractivity contribution in [1.82, 2.24) is 10.6 Å². The van der Waals surface area contributed by atoms with Gasteiger partial charge in [-0.3, -0.25) is 14.4 Å². The lowest BCUT2D eigenvalue weighted by Crippen LogP contribution is -2.44. The third kappa shape index (κ3) is 5.78. The van der Waals surface area contributed by atoms with Crippen molar-refractivity contribution in [2.45, 2.75) is 57.9 Å². The lowest BCUT2D eigenvalue weighted by Gasteiger charge is -2.15. The highest BCUT2D eigenvalue weighted by Gasteiger charge is 2.19. The second-order valence-electron chi connectivity index (χ2n) is 5.99. The van der Waals surface area contributed by atoms with Crippen LogP contribution in [0.25, 0.3) is 0 Å².